The van der Waals surface area contributed by atoms with E-state index in [2.05, 4.69) is 4.98 Å². The van der Waals surface area contributed by atoms with Crippen molar-refractivity contribution in [3.8, 4) is 0 Å². The summed E-state index contributed by atoms with van der Waals surface area (Å²) in [5.41, 5.74) is -0.557. The molecule has 1 atom stereocenters. The molecule has 0 aliphatic carbocycles. The zero-order valence-corrected chi connectivity index (χ0v) is 10.6. The summed E-state index contributed by atoms with van der Waals surface area (Å²) >= 11 is 5.93. The monoisotopic (exact) mass is 268 g/mol. The fourth-order valence-corrected chi connectivity index (χ4v) is 2.20. The van der Waals surface area contributed by atoms with Crippen molar-refractivity contribution in [3.63, 3.8) is 0 Å². The van der Waals surface area contributed by atoms with E-state index in [9.17, 15) is 9.59 Å². The number of halogens is 1. The van der Waals surface area contributed by atoms with Crippen LogP contribution in [0, 0.1) is 5.41 Å². The summed E-state index contributed by atoms with van der Waals surface area (Å²) in [5, 5.41) is 9.45. The Labute approximate surface area is 109 Å². The van der Waals surface area contributed by atoms with Gasteiger partial charge in [0.15, 0.2) is 0 Å². The van der Waals surface area contributed by atoms with E-state index in [1.807, 2.05) is 0 Å². The number of aromatic nitrogens is 1. The van der Waals surface area contributed by atoms with E-state index in [0.29, 0.717) is 23.6 Å². The van der Waals surface area contributed by atoms with Crippen molar-refractivity contribution in [1.29, 1.82) is 0 Å². The maximum absolute atomic E-state index is 12.2. The average molecular weight is 269 g/mol. The van der Waals surface area contributed by atoms with Gasteiger partial charge in [-0.25, -0.2) is 0 Å². The summed E-state index contributed by atoms with van der Waals surface area (Å²) in [6, 6.07) is 1.54. The maximum atomic E-state index is 12.2. The van der Waals surface area contributed by atoms with E-state index in [1.165, 1.54) is 17.3 Å². The Morgan fingerprint density at radius 3 is 2.83 bits per heavy atom. The molecule has 0 bridgehead atoms. The number of carbonyl (C=O) groups is 2. The molecule has 0 saturated carbocycles. The number of amides is 1. The molecule has 1 aliphatic rings. The van der Waals surface area contributed by atoms with E-state index >= 15 is 0 Å². The van der Waals surface area contributed by atoms with Gasteiger partial charge >= 0.3 is 5.97 Å². The fraction of sp³-hybridized carbons (Fsp3) is 0.417. The summed E-state index contributed by atoms with van der Waals surface area (Å²) in [7, 11) is 0. The predicted octanol–water partition coefficient (Wildman–Crippen LogP) is 1.67. The molecule has 1 aromatic heterocycles. The maximum Gasteiger partial charge on any atom is 0.311 e. The molecule has 1 aromatic rings. The minimum absolute atomic E-state index is 0.201. The van der Waals surface area contributed by atoms with Gasteiger partial charge in [-0.05, 0) is 19.4 Å². The molecule has 1 unspecified atom stereocenters. The van der Waals surface area contributed by atoms with E-state index in [-0.39, 0.29) is 12.5 Å². The van der Waals surface area contributed by atoms with Crippen LogP contribution in [0.2, 0.25) is 5.02 Å². The van der Waals surface area contributed by atoms with Crippen molar-refractivity contribution in [2.24, 2.45) is 5.41 Å². The number of hydrogen-bond acceptors (Lipinski definition) is 3. The molecule has 1 N–H and O–H groups in total. The van der Waals surface area contributed by atoms with Crippen molar-refractivity contribution in [2.75, 3.05) is 13.1 Å². The van der Waals surface area contributed by atoms with Crippen LogP contribution in [-0.2, 0) is 4.79 Å². The summed E-state index contributed by atoms with van der Waals surface area (Å²) in [6.45, 7) is 2.27. The molecule has 2 rings (SSSR count). The van der Waals surface area contributed by atoms with Gasteiger partial charge in [0.25, 0.3) is 5.91 Å². The lowest BCUT2D eigenvalue weighted by Crippen LogP contribution is -2.35. The number of carboxylic acid groups (broad SMARTS) is 1. The van der Waals surface area contributed by atoms with Gasteiger partial charge in [-0.2, -0.15) is 0 Å². The summed E-state index contributed by atoms with van der Waals surface area (Å²) < 4.78 is 0. The van der Waals surface area contributed by atoms with Gasteiger partial charge in [0.2, 0.25) is 0 Å². The highest BCUT2D eigenvalue weighted by Crippen LogP contribution is 2.31. The van der Waals surface area contributed by atoms with Crippen LogP contribution >= 0.6 is 11.6 Å². The van der Waals surface area contributed by atoms with Gasteiger partial charge in [0.1, 0.15) is 0 Å². The zero-order valence-electron chi connectivity index (χ0n) is 9.89. The van der Waals surface area contributed by atoms with Crippen molar-refractivity contribution in [2.45, 2.75) is 13.3 Å². The van der Waals surface area contributed by atoms with Crippen LogP contribution in [0.4, 0.5) is 0 Å². The lowest BCUT2D eigenvalue weighted by molar-refractivity contribution is -0.147. The van der Waals surface area contributed by atoms with Crippen molar-refractivity contribution < 1.29 is 14.7 Å². The van der Waals surface area contributed by atoms with E-state index in [0.717, 1.165) is 0 Å². The van der Waals surface area contributed by atoms with E-state index < -0.39 is 11.4 Å². The topological polar surface area (TPSA) is 70.5 Å². The van der Waals surface area contributed by atoms with Crippen LogP contribution in [-0.4, -0.2) is 40.0 Å². The molecular formula is C12H13ClN2O3. The second kappa shape index (κ2) is 4.57. The van der Waals surface area contributed by atoms with E-state index in [4.69, 9.17) is 16.7 Å². The smallest absolute Gasteiger partial charge is 0.311 e. The molecule has 1 saturated heterocycles. The lowest BCUT2D eigenvalue weighted by Gasteiger charge is -2.20. The number of rotatable bonds is 2. The van der Waals surface area contributed by atoms with Gasteiger partial charge in [0, 0.05) is 25.5 Å². The number of pyridine rings is 1. The molecule has 1 aliphatic heterocycles. The number of carboxylic acids is 1. The Morgan fingerprint density at radius 1 is 1.56 bits per heavy atom. The number of nitrogens with zero attached hydrogens (tertiary/aromatic N) is 2. The molecule has 0 radical (unpaired) electrons. The second-order valence-corrected chi connectivity index (χ2v) is 5.11. The molecule has 1 fully saturated rings. The quantitative estimate of drug-likeness (QED) is 0.886. The molecule has 96 valence electrons. The number of hydrogen-bond donors (Lipinski definition) is 1. The Morgan fingerprint density at radius 2 is 2.28 bits per heavy atom. The SMILES string of the molecule is CC1(C(=O)O)CCN(C(=O)c2cnccc2Cl)C1. The molecule has 1 amide bonds. The first-order valence-corrected chi connectivity index (χ1v) is 5.94. The average Bonchev–Trinajstić information content (AvgIpc) is 2.73. The number of aliphatic carboxylic acids is 1. The normalized spacial score (nSPS) is 23.1. The minimum Gasteiger partial charge on any atom is -0.481 e. The first-order valence-electron chi connectivity index (χ1n) is 5.56. The summed E-state index contributed by atoms with van der Waals surface area (Å²) in [5.74, 6) is -1.15. The number of carbonyl (C=O) groups excluding carboxylic acids is 1. The third kappa shape index (κ3) is 2.18. The largest absolute Gasteiger partial charge is 0.481 e. The third-order valence-corrected chi connectivity index (χ3v) is 3.60. The second-order valence-electron chi connectivity index (χ2n) is 4.70. The molecule has 5 nitrogen and oxygen atoms in total. The predicted molar refractivity (Wildman–Crippen MR) is 65.5 cm³/mol. The van der Waals surface area contributed by atoms with Gasteiger partial charge < -0.3 is 10.0 Å². The highest BCUT2D eigenvalue weighted by Gasteiger charge is 2.42. The molecule has 2 heterocycles. The Bertz CT molecular complexity index is 506. The minimum atomic E-state index is -0.880. The fourth-order valence-electron chi connectivity index (χ4n) is 2.01. The summed E-state index contributed by atoms with van der Waals surface area (Å²) in [6.07, 6.45) is 3.36. The molecule has 18 heavy (non-hydrogen) atoms. The van der Waals surface area contributed by atoms with Crippen molar-refractivity contribution in [3.05, 3.63) is 29.0 Å². The molecule has 0 aromatic carbocycles. The Kier molecular flexibility index (Phi) is 3.26. The van der Waals surface area contributed by atoms with Crippen molar-refractivity contribution >= 4 is 23.5 Å². The van der Waals surface area contributed by atoms with Crippen LogP contribution in [0.3, 0.4) is 0 Å². The van der Waals surface area contributed by atoms with Crippen LogP contribution in [0.1, 0.15) is 23.7 Å². The van der Waals surface area contributed by atoms with Crippen LogP contribution < -0.4 is 0 Å². The molecule has 0 spiro atoms. The lowest BCUT2D eigenvalue weighted by atomic mass is 9.90. The standard InChI is InChI=1S/C12H13ClN2O3/c1-12(11(17)18)3-5-15(7-12)10(16)8-6-14-4-2-9(8)13/h2,4,6H,3,5,7H2,1H3,(H,17,18). The Balaban J connectivity index is 2.18. The summed E-state index contributed by atoms with van der Waals surface area (Å²) in [4.78, 5) is 28.7. The Hall–Kier alpha value is -1.62. The van der Waals surface area contributed by atoms with Crippen LogP contribution in [0.15, 0.2) is 18.5 Å². The highest BCUT2D eigenvalue weighted by atomic mass is 35.5. The first kappa shape index (κ1) is 12.8. The van der Waals surface area contributed by atoms with Gasteiger partial charge in [-0.3, -0.25) is 14.6 Å². The molecule has 6 heteroatoms. The molecular weight excluding hydrogens is 256 g/mol. The van der Waals surface area contributed by atoms with E-state index in [1.54, 1.807) is 13.0 Å². The highest BCUT2D eigenvalue weighted by molar-refractivity contribution is 6.33. The van der Waals surface area contributed by atoms with Gasteiger partial charge in [0.05, 0.1) is 16.0 Å². The van der Waals surface area contributed by atoms with Crippen LogP contribution in [0.25, 0.3) is 0 Å². The zero-order chi connectivity index (χ0) is 13.3. The van der Waals surface area contributed by atoms with Crippen LogP contribution in [0.5, 0.6) is 0 Å². The first-order chi connectivity index (χ1) is 8.44. The van der Waals surface area contributed by atoms with Gasteiger partial charge in [-0.15, -0.1) is 0 Å². The van der Waals surface area contributed by atoms with Crippen molar-refractivity contribution in [1.82, 2.24) is 9.88 Å². The van der Waals surface area contributed by atoms with Gasteiger partial charge in [-0.1, -0.05) is 11.6 Å². The third-order valence-electron chi connectivity index (χ3n) is 3.28. The number of likely N-dealkylation sites (tertiary alicyclic amines) is 1.